The standard InChI is InChI=1S/C12H8N4O6/c13-9-4-2-1-3-8(9)12-10(15(19)20)5-7(14(17)18)6-11(12)16(21)22/h1-6H,13H2. The summed E-state index contributed by atoms with van der Waals surface area (Å²) < 4.78 is 0. The van der Waals surface area contributed by atoms with Crippen LogP contribution in [-0.4, -0.2) is 14.8 Å². The van der Waals surface area contributed by atoms with Crippen molar-refractivity contribution in [1.82, 2.24) is 0 Å². The lowest BCUT2D eigenvalue weighted by atomic mass is 9.99. The molecule has 0 atom stereocenters. The number of rotatable bonds is 4. The number of non-ortho nitro benzene ring substituents is 1. The van der Waals surface area contributed by atoms with Crippen LogP contribution in [0.15, 0.2) is 36.4 Å². The van der Waals surface area contributed by atoms with Crippen LogP contribution in [-0.2, 0) is 0 Å². The monoisotopic (exact) mass is 304 g/mol. The Morgan fingerprint density at radius 2 is 1.32 bits per heavy atom. The van der Waals surface area contributed by atoms with Crippen LogP contribution in [0.3, 0.4) is 0 Å². The van der Waals surface area contributed by atoms with Crippen molar-refractivity contribution >= 4 is 22.7 Å². The van der Waals surface area contributed by atoms with Crippen LogP contribution >= 0.6 is 0 Å². The van der Waals surface area contributed by atoms with E-state index in [-0.39, 0.29) is 16.8 Å². The van der Waals surface area contributed by atoms with Crippen molar-refractivity contribution < 1.29 is 14.8 Å². The van der Waals surface area contributed by atoms with E-state index in [1.807, 2.05) is 0 Å². The number of nitrogen functional groups attached to an aromatic ring is 1. The van der Waals surface area contributed by atoms with E-state index < -0.39 is 31.8 Å². The molecule has 0 aliphatic heterocycles. The van der Waals surface area contributed by atoms with E-state index in [1.54, 1.807) is 6.07 Å². The van der Waals surface area contributed by atoms with Crippen LogP contribution < -0.4 is 5.73 Å². The van der Waals surface area contributed by atoms with Crippen LogP contribution in [0.5, 0.6) is 0 Å². The number of nitrogens with two attached hydrogens (primary N) is 1. The maximum Gasteiger partial charge on any atom is 0.291 e. The molecule has 0 bridgehead atoms. The second-order valence-electron chi connectivity index (χ2n) is 4.22. The fraction of sp³-hybridized carbons (Fsp3) is 0. The fourth-order valence-corrected chi connectivity index (χ4v) is 1.99. The molecule has 0 spiro atoms. The number of nitrogens with zero attached hydrogens (tertiary/aromatic N) is 3. The highest BCUT2D eigenvalue weighted by Gasteiger charge is 2.32. The van der Waals surface area contributed by atoms with Gasteiger partial charge in [-0.25, -0.2) is 0 Å². The number of hydrogen-bond donors (Lipinski definition) is 1. The van der Waals surface area contributed by atoms with E-state index in [4.69, 9.17) is 5.73 Å². The molecular weight excluding hydrogens is 296 g/mol. The second-order valence-corrected chi connectivity index (χ2v) is 4.22. The van der Waals surface area contributed by atoms with Crippen molar-refractivity contribution in [3.05, 3.63) is 66.7 Å². The molecule has 0 saturated heterocycles. The highest BCUT2D eigenvalue weighted by Crippen LogP contribution is 2.43. The van der Waals surface area contributed by atoms with Gasteiger partial charge in [0.25, 0.3) is 17.1 Å². The molecule has 0 radical (unpaired) electrons. The third-order valence-corrected chi connectivity index (χ3v) is 2.92. The van der Waals surface area contributed by atoms with Gasteiger partial charge in [0.1, 0.15) is 5.56 Å². The smallest absolute Gasteiger partial charge is 0.291 e. The first kappa shape index (κ1) is 14.8. The zero-order chi connectivity index (χ0) is 16.4. The van der Waals surface area contributed by atoms with Crippen LogP contribution in [0, 0.1) is 30.3 Å². The Morgan fingerprint density at radius 1 is 0.818 bits per heavy atom. The van der Waals surface area contributed by atoms with Gasteiger partial charge in [-0.3, -0.25) is 30.3 Å². The molecule has 2 aromatic carbocycles. The van der Waals surface area contributed by atoms with E-state index in [0.717, 1.165) is 0 Å². The van der Waals surface area contributed by atoms with Gasteiger partial charge in [-0.05, 0) is 6.07 Å². The van der Waals surface area contributed by atoms with Crippen molar-refractivity contribution in [3.8, 4) is 11.1 Å². The summed E-state index contributed by atoms with van der Waals surface area (Å²) in [6.45, 7) is 0. The summed E-state index contributed by atoms with van der Waals surface area (Å²) in [5.41, 5.74) is 3.26. The molecule has 0 heterocycles. The maximum atomic E-state index is 11.2. The van der Waals surface area contributed by atoms with Gasteiger partial charge < -0.3 is 5.73 Å². The number of nitro benzene ring substituents is 3. The number of para-hydroxylation sites is 1. The Hall–Kier alpha value is -3.56. The molecule has 2 aromatic rings. The van der Waals surface area contributed by atoms with Crippen LogP contribution in [0.25, 0.3) is 11.1 Å². The van der Waals surface area contributed by atoms with Crippen molar-refractivity contribution in [1.29, 1.82) is 0 Å². The molecule has 0 aliphatic carbocycles. The molecule has 10 nitrogen and oxygen atoms in total. The lowest BCUT2D eigenvalue weighted by molar-refractivity contribution is -0.402. The average Bonchev–Trinajstić information content (AvgIpc) is 2.46. The Balaban J connectivity index is 2.92. The summed E-state index contributed by atoms with van der Waals surface area (Å²) in [4.78, 5) is 30.4. The normalized spacial score (nSPS) is 10.2. The quantitative estimate of drug-likeness (QED) is 0.516. The topological polar surface area (TPSA) is 155 Å². The zero-order valence-electron chi connectivity index (χ0n) is 10.8. The van der Waals surface area contributed by atoms with Gasteiger partial charge in [-0.15, -0.1) is 0 Å². The Labute approximate surface area is 122 Å². The van der Waals surface area contributed by atoms with Crippen LogP contribution in [0.4, 0.5) is 22.7 Å². The Bertz CT molecular complexity index is 769. The summed E-state index contributed by atoms with van der Waals surface area (Å²) in [5, 5.41) is 33.2. The fourth-order valence-electron chi connectivity index (χ4n) is 1.99. The van der Waals surface area contributed by atoms with Crippen molar-refractivity contribution in [2.24, 2.45) is 0 Å². The minimum Gasteiger partial charge on any atom is -0.398 e. The molecule has 10 heteroatoms. The number of anilines is 1. The van der Waals surface area contributed by atoms with Gasteiger partial charge >= 0.3 is 0 Å². The summed E-state index contributed by atoms with van der Waals surface area (Å²) in [6, 6.07) is 7.20. The Morgan fingerprint density at radius 3 is 1.73 bits per heavy atom. The van der Waals surface area contributed by atoms with E-state index in [0.29, 0.717) is 12.1 Å². The molecule has 112 valence electrons. The summed E-state index contributed by atoms with van der Waals surface area (Å²) in [6.07, 6.45) is 0. The molecule has 2 rings (SSSR count). The second kappa shape index (κ2) is 5.44. The molecule has 0 aromatic heterocycles. The van der Waals surface area contributed by atoms with Crippen molar-refractivity contribution in [2.45, 2.75) is 0 Å². The summed E-state index contributed by atoms with van der Waals surface area (Å²) in [7, 11) is 0. The molecule has 22 heavy (non-hydrogen) atoms. The first-order chi connectivity index (χ1) is 10.3. The predicted octanol–water partition coefficient (Wildman–Crippen LogP) is 2.66. The SMILES string of the molecule is Nc1ccccc1-c1c([N+](=O)[O-])cc([N+](=O)[O-])cc1[N+](=O)[O-]. The van der Waals surface area contributed by atoms with Gasteiger partial charge in [-0.1, -0.05) is 18.2 Å². The molecule has 0 saturated carbocycles. The van der Waals surface area contributed by atoms with Crippen LogP contribution in [0.2, 0.25) is 0 Å². The molecule has 0 fully saturated rings. The number of hydrogen-bond acceptors (Lipinski definition) is 7. The number of benzene rings is 2. The average molecular weight is 304 g/mol. The van der Waals surface area contributed by atoms with Crippen molar-refractivity contribution in [3.63, 3.8) is 0 Å². The lowest BCUT2D eigenvalue weighted by Crippen LogP contribution is -2.02. The molecule has 0 aliphatic rings. The highest BCUT2D eigenvalue weighted by atomic mass is 16.6. The van der Waals surface area contributed by atoms with Crippen molar-refractivity contribution in [2.75, 3.05) is 5.73 Å². The minimum absolute atomic E-state index is 0.0656. The van der Waals surface area contributed by atoms with Gasteiger partial charge in [0.2, 0.25) is 0 Å². The van der Waals surface area contributed by atoms with Gasteiger partial charge in [0, 0.05) is 11.3 Å². The highest BCUT2D eigenvalue weighted by molar-refractivity contribution is 5.89. The number of nitro groups is 3. The first-order valence-corrected chi connectivity index (χ1v) is 5.79. The lowest BCUT2D eigenvalue weighted by Gasteiger charge is -2.07. The van der Waals surface area contributed by atoms with E-state index >= 15 is 0 Å². The van der Waals surface area contributed by atoms with E-state index in [2.05, 4.69) is 0 Å². The zero-order valence-corrected chi connectivity index (χ0v) is 10.8. The minimum atomic E-state index is -0.932. The third kappa shape index (κ3) is 2.52. The molecule has 0 unspecified atom stereocenters. The van der Waals surface area contributed by atoms with E-state index in [1.165, 1.54) is 18.2 Å². The predicted molar refractivity (Wildman–Crippen MR) is 76.3 cm³/mol. The van der Waals surface area contributed by atoms with E-state index in [9.17, 15) is 30.3 Å². The summed E-state index contributed by atoms with van der Waals surface area (Å²) >= 11 is 0. The Kier molecular flexibility index (Phi) is 3.67. The largest absolute Gasteiger partial charge is 0.398 e. The van der Waals surface area contributed by atoms with Gasteiger partial charge in [0.15, 0.2) is 0 Å². The molecule has 0 amide bonds. The first-order valence-electron chi connectivity index (χ1n) is 5.79. The summed E-state index contributed by atoms with van der Waals surface area (Å²) in [5.74, 6) is 0. The van der Waals surface area contributed by atoms with Crippen LogP contribution in [0.1, 0.15) is 0 Å². The van der Waals surface area contributed by atoms with Gasteiger partial charge in [-0.2, -0.15) is 0 Å². The van der Waals surface area contributed by atoms with Gasteiger partial charge in [0.05, 0.1) is 26.9 Å². The molecule has 2 N–H and O–H groups in total. The third-order valence-electron chi connectivity index (χ3n) is 2.92. The molecular formula is C12H8N4O6. The maximum absolute atomic E-state index is 11.2.